The Hall–Kier alpha value is -1.87. The summed E-state index contributed by atoms with van der Waals surface area (Å²) in [5.41, 5.74) is 8.08. The van der Waals surface area contributed by atoms with Gasteiger partial charge < -0.3 is 31.5 Å². The number of methoxy groups -OCH3 is 1. The monoisotopic (exact) mass is 466 g/mol. The van der Waals surface area contributed by atoms with Gasteiger partial charge in [-0.1, -0.05) is 12.1 Å². The first-order valence-corrected chi connectivity index (χ1v) is 8.81. The molecule has 2 aliphatic heterocycles. The summed E-state index contributed by atoms with van der Waals surface area (Å²) in [6.45, 7) is 2.77. The van der Waals surface area contributed by atoms with Crippen molar-refractivity contribution in [1.82, 2.24) is 9.97 Å². The molecule has 0 spiro atoms. The summed E-state index contributed by atoms with van der Waals surface area (Å²) >= 11 is 0. The highest BCUT2D eigenvalue weighted by Crippen LogP contribution is 2.38. The van der Waals surface area contributed by atoms with E-state index in [4.69, 9.17) is 10.5 Å². The number of rotatable bonds is 3. The topological polar surface area (TPSA) is 120 Å². The van der Waals surface area contributed by atoms with E-state index in [1.54, 1.807) is 7.11 Å². The minimum absolute atomic E-state index is 0. The quantitative estimate of drug-likeness (QED) is 0.634. The Bertz CT molecular complexity index is 760. The molecule has 6 N–H and O–H groups in total. The Labute approximate surface area is 189 Å². The highest BCUT2D eigenvalue weighted by Gasteiger charge is 2.27. The molecule has 1 atom stereocenters. The Morgan fingerprint density at radius 3 is 2.31 bits per heavy atom. The van der Waals surface area contributed by atoms with E-state index in [1.807, 2.05) is 12.1 Å². The zero-order valence-electron chi connectivity index (χ0n) is 16.2. The van der Waals surface area contributed by atoms with Crippen molar-refractivity contribution >= 4 is 60.5 Å². The lowest BCUT2D eigenvalue weighted by atomic mass is 10.0. The average molecular weight is 468 g/mol. The number of anilines is 4. The first-order chi connectivity index (χ1) is 12.2. The van der Waals surface area contributed by atoms with E-state index in [1.165, 1.54) is 24.8 Å². The molecule has 29 heavy (non-hydrogen) atoms. The summed E-state index contributed by atoms with van der Waals surface area (Å²) in [6.07, 6.45) is 3.65. The molecule has 2 aliphatic rings. The van der Waals surface area contributed by atoms with Gasteiger partial charge in [0.2, 0.25) is 5.95 Å². The number of hydrogen-bond acceptors (Lipinski definition) is 7. The molecule has 0 bridgehead atoms. The third-order valence-electron chi connectivity index (χ3n) is 4.87. The maximum absolute atomic E-state index is 5.94. The van der Waals surface area contributed by atoms with Crippen LogP contribution in [-0.4, -0.2) is 42.2 Å². The van der Waals surface area contributed by atoms with E-state index in [0.717, 1.165) is 42.7 Å². The number of nitrogens with zero attached hydrogens (tertiary/aromatic N) is 3. The molecule has 4 rings (SSSR count). The first-order valence-electron chi connectivity index (χ1n) is 8.81. The molecule has 0 saturated carbocycles. The van der Waals surface area contributed by atoms with Crippen LogP contribution in [0.15, 0.2) is 24.3 Å². The van der Waals surface area contributed by atoms with Crippen LogP contribution < -0.4 is 26.0 Å². The van der Waals surface area contributed by atoms with E-state index in [2.05, 4.69) is 37.6 Å². The van der Waals surface area contributed by atoms with Gasteiger partial charge in [-0.3, -0.25) is 0 Å². The van der Waals surface area contributed by atoms with E-state index in [0.29, 0.717) is 5.95 Å². The molecule has 2 aromatic rings. The van der Waals surface area contributed by atoms with Gasteiger partial charge in [0.15, 0.2) is 11.6 Å². The van der Waals surface area contributed by atoms with Crippen molar-refractivity contribution in [1.29, 1.82) is 0 Å². The minimum Gasteiger partial charge on any atom is -0.497 e. The van der Waals surface area contributed by atoms with Crippen LogP contribution in [0.4, 0.5) is 23.3 Å². The number of nitrogen functional groups attached to an aromatic ring is 1. The number of aromatic nitrogens is 2. The number of benzene rings is 1. The fraction of sp³-hybridized carbons (Fsp3) is 0.444. The molecule has 1 fully saturated rings. The van der Waals surface area contributed by atoms with Gasteiger partial charge in [0.05, 0.1) is 13.2 Å². The Morgan fingerprint density at radius 2 is 1.69 bits per heavy atom. The lowest BCUT2D eigenvalue weighted by molar-refractivity contribution is 0.414. The van der Waals surface area contributed by atoms with Crippen LogP contribution in [0.5, 0.6) is 5.75 Å². The smallest absolute Gasteiger partial charge is 0.224 e. The number of nitrogens with two attached hydrogens (primary N) is 1. The number of ether oxygens (including phenoxy) is 1. The van der Waals surface area contributed by atoms with E-state index >= 15 is 0 Å². The summed E-state index contributed by atoms with van der Waals surface area (Å²) in [5, 5.41) is 7.03. The van der Waals surface area contributed by atoms with E-state index in [-0.39, 0.29) is 48.7 Å². The normalized spacial score (nSPS) is 16.9. The van der Waals surface area contributed by atoms with Crippen LogP contribution in [0.2, 0.25) is 0 Å². The lowest BCUT2D eigenvalue weighted by Gasteiger charge is -2.34. The Kier molecular flexibility index (Phi) is 11.2. The molecule has 0 amide bonds. The van der Waals surface area contributed by atoms with E-state index in [9.17, 15) is 0 Å². The molecule has 11 heteroatoms. The summed E-state index contributed by atoms with van der Waals surface area (Å²) in [4.78, 5) is 11.2. The molecule has 164 valence electrons. The molecular weight excluding hydrogens is 439 g/mol. The van der Waals surface area contributed by atoms with Crippen LogP contribution in [0.1, 0.15) is 30.9 Å². The Morgan fingerprint density at radius 1 is 1.03 bits per heavy atom. The summed E-state index contributed by atoms with van der Waals surface area (Å²) < 4.78 is 5.25. The molecule has 1 aromatic carbocycles. The number of nitrogens with one attached hydrogen (secondary N) is 2. The number of hydrogen-bond donors (Lipinski definition) is 3. The van der Waals surface area contributed by atoms with Crippen LogP contribution in [0.3, 0.4) is 0 Å². The van der Waals surface area contributed by atoms with Crippen LogP contribution >= 0.6 is 37.2 Å². The molecule has 0 aliphatic carbocycles. The molecule has 1 aromatic heterocycles. The first kappa shape index (κ1) is 27.1. The fourth-order valence-electron chi connectivity index (χ4n) is 3.52. The van der Waals surface area contributed by atoms with Crippen molar-refractivity contribution in [3.05, 3.63) is 29.8 Å². The van der Waals surface area contributed by atoms with Gasteiger partial charge in [-0.2, -0.15) is 9.97 Å². The van der Waals surface area contributed by atoms with Crippen molar-refractivity contribution in [3.63, 3.8) is 0 Å². The molecular formula is C18H29Cl3N6O2. The van der Waals surface area contributed by atoms with Gasteiger partial charge in [-0.05, 0) is 37.0 Å². The molecule has 1 unspecified atom stereocenters. The predicted molar refractivity (Wildman–Crippen MR) is 126 cm³/mol. The second-order valence-corrected chi connectivity index (χ2v) is 6.53. The second kappa shape index (κ2) is 12.0. The summed E-state index contributed by atoms with van der Waals surface area (Å²) in [5.74, 6) is 2.88. The highest BCUT2D eigenvalue weighted by atomic mass is 35.5. The third-order valence-corrected chi connectivity index (χ3v) is 4.87. The maximum Gasteiger partial charge on any atom is 0.224 e. The predicted octanol–water partition coefficient (Wildman–Crippen LogP) is 3.08. The molecule has 3 heterocycles. The zero-order valence-corrected chi connectivity index (χ0v) is 18.6. The number of fused-ring (bicyclic) bond motifs is 1. The van der Waals surface area contributed by atoms with Crippen molar-refractivity contribution in [2.75, 3.05) is 48.0 Å². The second-order valence-electron chi connectivity index (χ2n) is 6.53. The van der Waals surface area contributed by atoms with Gasteiger partial charge in [0.25, 0.3) is 0 Å². The summed E-state index contributed by atoms with van der Waals surface area (Å²) in [7, 11) is 1.68. The largest absolute Gasteiger partial charge is 0.497 e. The third kappa shape index (κ3) is 5.82. The van der Waals surface area contributed by atoms with Gasteiger partial charge in [-0.15, -0.1) is 37.2 Å². The Balaban J connectivity index is 0.00000196. The maximum atomic E-state index is 5.94. The lowest BCUT2D eigenvalue weighted by Crippen LogP contribution is -2.34. The van der Waals surface area contributed by atoms with Gasteiger partial charge in [-0.25, -0.2) is 0 Å². The molecule has 8 nitrogen and oxygen atoms in total. The van der Waals surface area contributed by atoms with Crippen LogP contribution in [0, 0.1) is 0 Å². The highest BCUT2D eigenvalue weighted by molar-refractivity contribution is 5.86. The number of piperidine rings is 1. The fourth-order valence-corrected chi connectivity index (χ4v) is 3.52. The van der Waals surface area contributed by atoms with Crippen LogP contribution in [-0.2, 0) is 0 Å². The minimum atomic E-state index is 0. The zero-order chi connectivity index (χ0) is 17.2. The van der Waals surface area contributed by atoms with Crippen molar-refractivity contribution in [3.8, 4) is 5.75 Å². The molecule has 0 radical (unpaired) electrons. The van der Waals surface area contributed by atoms with Gasteiger partial charge in [0.1, 0.15) is 11.4 Å². The van der Waals surface area contributed by atoms with Crippen molar-refractivity contribution < 1.29 is 10.2 Å². The van der Waals surface area contributed by atoms with Crippen molar-refractivity contribution in [2.24, 2.45) is 0 Å². The van der Waals surface area contributed by atoms with Crippen LogP contribution in [0.25, 0.3) is 0 Å². The SMILES string of the molecule is COc1ccc(C2CNc3nc(N)nc(N4CCCCC4)c3N2)cc1.Cl.Cl.Cl.O. The average Bonchev–Trinajstić information content (AvgIpc) is 2.68. The van der Waals surface area contributed by atoms with Crippen molar-refractivity contribution in [2.45, 2.75) is 25.3 Å². The summed E-state index contributed by atoms with van der Waals surface area (Å²) in [6, 6.07) is 8.29. The standard InChI is InChI=1S/C18H24N6O.3ClH.H2O/c1-25-13-7-5-12(6-8-13)14-11-20-16-15(21-14)17(23-18(19)22-16)24-9-3-2-4-10-24;;;;/h5-8,14,21H,2-4,9-11H2,1H3,(H3,19,20,22,23);3*1H;1H2. The number of halogens is 3. The van der Waals surface area contributed by atoms with E-state index < -0.39 is 0 Å². The molecule has 1 saturated heterocycles. The van der Waals surface area contributed by atoms with Gasteiger partial charge >= 0.3 is 0 Å². The van der Waals surface area contributed by atoms with Gasteiger partial charge in [0, 0.05) is 19.6 Å².